The lowest BCUT2D eigenvalue weighted by molar-refractivity contribution is 0.00578. The maximum absolute atomic E-state index is 5.96. The van der Waals surface area contributed by atoms with Crippen LogP contribution in [0.1, 0.15) is 83.1 Å². The van der Waals surface area contributed by atoms with E-state index in [1.807, 2.05) is 101 Å². The maximum Gasteiger partial charge on any atom is 0.495 e. The summed E-state index contributed by atoms with van der Waals surface area (Å²) in [5, 5.41) is 0. The first-order valence-corrected chi connectivity index (χ1v) is 15.6. The molecule has 0 unspecified atom stereocenters. The van der Waals surface area contributed by atoms with Crippen molar-refractivity contribution < 1.29 is 37.4 Å². The summed E-state index contributed by atoms with van der Waals surface area (Å²) in [5.74, 6) is 1.20. The quantitative estimate of drug-likeness (QED) is 0.387. The third kappa shape index (κ3) is 8.18. The maximum atomic E-state index is 5.96. The largest absolute Gasteiger partial charge is 0.495 e. The number of methoxy groups -OCH3 is 2. The van der Waals surface area contributed by atoms with E-state index in [0.29, 0.717) is 11.8 Å². The normalized spacial score (nSPS) is 23.3. The van der Waals surface area contributed by atoms with Gasteiger partial charge in [-0.15, -0.1) is 0 Å². The van der Waals surface area contributed by atoms with E-state index in [1.165, 1.54) is 0 Å². The Labute approximate surface area is 273 Å². The molecule has 2 aromatic rings. The fourth-order valence-corrected chi connectivity index (χ4v) is 4.47. The van der Waals surface area contributed by atoms with Crippen molar-refractivity contribution in [2.45, 2.75) is 117 Å². The lowest BCUT2D eigenvalue weighted by Crippen LogP contribution is -2.41. The highest BCUT2D eigenvalue weighted by Crippen LogP contribution is 2.43. The lowest BCUT2D eigenvalue weighted by Gasteiger charge is -2.32. The van der Waals surface area contributed by atoms with Crippen molar-refractivity contribution >= 4 is 42.5 Å². The summed E-state index contributed by atoms with van der Waals surface area (Å²) in [6, 6.07) is 7.37. The third-order valence-electron chi connectivity index (χ3n) is 9.16. The summed E-state index contributed by atoms with van der Waals surface area (Å²) >= 11 is 3.28. The van der Waals surface area contributed by atoms with Crippen molar-refractivity contribution in [3.05, 3.63) is 41.1 Å². The molecule has 14 heteroatoms. The molecule has 0 atom stereocenters. The first-order chi connectivity index (χ1) is 20.1. The van der Waals surface area contributed by atoms with Gasteiger partial charge in [0.25, 0.3) is 0 Å². The van der Waals surface area contributed by atoms with Gasteiger partial charge in [0.2, 0.25) is 11.8 Å². The Balaban J connectivity index is 0.000000190. The SMILES string of the molecule is CC1(C)OB(B2OC(C)(C)C(C)(C)O2)OC1(C)C.COc1cc(B2OC(C)(C)C(C)(C)O2)ccn1.COc1cc(Br)ccn1. The first kappa shape index (κ1) is 36.8. The molecule has 3 aliphatic rings. The Morgan fingerprint density at radius 3 is 1.23 bits per heavy atom. The van der Waals surface area contributed by atoms with Crippen LogP contribution < -0.4 is 14.9 Å². The predicted molar refractivity (Wildman–Crippen MR) is 177 cm³/mol. The molecule has 3 aliphatic heterocycles. The second-order valence-corrected chi connectivity index (χ2v) is 14.9. The number of hydrogen-bond acceptors (Lipinski definition) is 10. The minimum atomic E-state index is -0.476. The lowest BCUT2D eigenvalue weighted by atomic mass is 9.49. The van der Waals surface area contributed by atoms with Crippen molar-refractivity contribution in [1.29, 1.82) is 0 Å². The van der Waals surface area contributed by atoms with Gasteiger partial charge in [-0.25, -0.2) is 9.97 Å². The molecule has 10 nitrogen and oxygen atoms in total. The molecule has 0 aliphatic carbocycles. The van der Waals surface area contributed by atoms with Gasteiger partial charge in [-0.1, -0.05) is 15.9 Å². The molecule has 0 spiro atoms. The second-order valence-electron chi connectivity index (χ2n) is 14.0. The highest BCUT2D eigenvalue weighted by atomic mass is 79.9. The zero-order valence-corrected chi connectivity index (χ0v) is 30.3. The molecule has 5 heterocycles. The van der Waals surface area contributed by atoms with E-state index in [9.17, 15) is 0 Å². The van der Waals surface area contributed by atoms with Crippen LogP contribution in [0.25, 0.3) is 0 Å². The van der Waals surface area contributed by atoms with Crippen molar-refractivity contribution in [3.8, 4) is 11.8 Å². The summed E-state index contributed by atoms with van der Waals surface area (Å²) in [7, 11) is 1.87. The van der Waals surface area contributed by atoms with Crippen LogP contribution in [0.3, 0.4) is 0 Å². The Kier molecular flexibility index (Phi) is 11.1. The van der Waals surface area contributed by atoms with Crippen LogP contribution in [0.2, 0.25) is 0 Å². The number of ether oxygens (including phenoxy) is 2. The molecule has 3 fully saturated rings. The van der Waals surface area contributed by atoms with Crippen LogP contribution in [-0.2, 0) is 27.9 Å². The fourth-order valence-electron chi connectivity index (χ4n) is 4.16. The average Bonchev–Trinajstić information content (AvgIpc) is 3.38. The second kappa shape index (κ2) is 13.2. The van der Waals surface area contributed by atoms with E-state index in [-0.39, 0.29) is 40.7 Å². The van der Waals surface area contributed by atoms with E-state index < -0.39 is 14.0 Å². The summed E-state index contributed by atoms with van der Waals surface area (Å²) in [6.45, 7) is 24.3. The van der Waals surface area contributed by atoms with Gasteiger partial charge in [0.05, 0.1) is 47.8 Å². The minimum absolute atomic E-state index is 0.325. The Hall–Kier alpha value is -1.67. The zero-order chi connectivity index (χ0) is 33.4. The van der Waals surface area contributed by atoms with Crippen molar-refractivity contribution in [3.63, 3.8) is 0 Å². The monoisotopic (exact) mass is 676 g/mol. The first-order valence-electron chi connectivity index (χ1n) is 14.8. The van der Waals surface area contributed by atoms with Gasteiger partial charge < -0.3 is 37.4 Å². The van der Waals surface area contributed by atoms with Crippen molar-refractivity contribution in [2.75, 3.05) is 14.2 Å². The molecule has 0 aromatic carbocycles. The smallest absolute Gasteiger partial charge is 0.481 e. The Morgan fingerprint density at radius 2 is 0.886 bits per heavy atom. The van der Waals surface area contributed by atoms with Crippen LogP contribution in [0, 0.1) is 0 Å². The number of aromatic nitrogens is 2. The topological polar surface area (TPSA) is 99.6 Å². The highest BCUT2D eigenvalue weighted by Gasteiger charge is 2.63. The fraction of sp³-hybridized carbons (Fsp3) is 0.667. The van der Waals surface area contributed by atoms with E-state index in [4.69, 9.17) is 37.4 Å². The summed E-state index contributed by atoms with van der Waals surface area (Å²) < 4.78 is 46.7. The molecule has 0 amide bonds. The summed E-state index contributed by atoms with van der Waals surface area (Å²) in [6.07, 6.45) is 3.38. The molecule has 0 radical (unpaired) electrons. The predicted octanol–water partition coefficient (Wildman–Crippen LogP) is 5.49. The van der Waals surface area contributed by atoms with Gasteiger partial charge in [-0.05, 0) is 101 Å². The van der Waals surface area contributed by atoms with Crippen LogP contribution >= 0.6 is 15.9 Å². The van der Waals surface area contributed by atoms with Gasteiger partial charge >= 0.3 is 21.1 Å². The summed E-state index contributed by atoms with van der Waals surface area (Å²) in [5.41, 5.74) is -1.16. The van der Waals surface area contributed by atoms with Crippen molar-refractivity contribution in [1.82, 2.24) is 9.97 Å². The molecule has 242 valence electrons. The Bertz CT molecular complexity index is 1200. The molecule has 0 saturated carbocycles. The van der Waals surface area contributed by atoms with Gasteiger partial charge in [0, 0.05) is 29.0 Å². The van der Waals surface area contributed by atoms with E-state index >= 15 is 0 Å². The van der Waals surface area contributed by atoms with E-state index in [0.717, 1.165) is 9.94 Å². The number of hydrogen-bond donors (Lipinski definition) is 0. The molecule has 0 N–H and O–H groups in total. The molecule has 0 bridgehead atoms. The Morgan fingerprint density at radius 1 is 0.545 bits per heavy atom. The van der Waals surface area contributed by atoms with Gasteiger partial charge in [0.15, 0.2) is 0 Å². The number of nitrogens with zero attached hydrogens (tertiary/aromatic N) is 2. The highest BCUT2D eigenvalue weighted by molar-refractivity contribution is 9.10. The molecular formula is C30H48B3BrN2O8. The van der Waals surface area contributed by atoms with Gasteiger partial charge in [0.1, 0.15) is 0 Å². The van der Waals surface area contributed by atoms with E-state index in [1.54, 1.807) is 32.7 Å². The molecule has 44 heavy (non-hydrogen) atoms. The average molecular weight is 677 g/mol. The van der Waals surface area contributed by atoms with E-state index in [2.05, 4.69) is 25.9 Å². The van der Waals surface area contributed by atoms with Crippen molar-refractivity contribution in [2.24, 2.45) is 0 Å². The van der Waals surface area contributed by atoms with Crippen LogP contribution in [-0.4, -0.2) is 78.9 Å². The summed E-state index contributed by atoms with van der Waals surface area (Å²) in [4.78, 5) is 7.97. The van der Waals surface area contributed by atoms with Gasteiger partial charge in [-0.2, -0.15) is 0 Å². The number of pyridine rings is 2. The molecule has 5 rings (SSSR count). The molecular weight excluding hydrogens is 629 g/mol. The number of halogens is 1. The molecule has 3 saturated heterocycles. The third-order valence-corrected chi connectivity index (χ3v) is 9.66. The van der Waals surface area contributed by atoms with Crippen LogP contribution in [0.4, 0.5) is 0 Å². The van der Waals surface area contributed by atoms with Crippen LogP contribution in [0.15, 0.2) is 41.1 Å². The molecule has 2 aromatic heterocycles. The zero-order valence-electron chi connectivity index (χ0n) is 28.7. The van der Waals surface area contributed by atoms with Gasteiger partial charge in [-0.3, -0.25) is 0 Å². The standard InChI is InChI=1S/C12H24B2O4.C12H18BNO3.C6H6BrNO/c1-9(2)10(3,4)16-13(15-9)14-17-11(5,6)12(7,8)18-14;1-11(2)12(3,4)17-13(16-11)9-6-7-14-10(8-9)15-5;1-9-6-4-5(7)2-3-8-6/h1-8H3;6-8H,1-5H3;2-4H,1H3. The minimum Gasteiger partial charge on any atom is -0.481 e. The number of rotatable bonds is 4. The van der Waals surface area contributed by atoms with Crippen LogP contribution in [0.5, 0.6) is 11.8 Å².